The molecule has 5 nitrogen and oxygen atoms in total. The third kappa shape index (κ3) is 2.93. The lowest BCUT2D eigenvalue weighted by molar-refractivity contribution is -0.119. The van der Waals surface area contributed by atoms with Crippen molar-refractivity contribution in [3.8, 4) is 0 Å². The molecule has 3 heterocycles. The quantitative estimate of drug-likeness (QED) is 0.917. The smallest absolute Gasteiger partial charge is 0.230 e. The Balaban J connectivity index is 1.73. The lowest BCUT2D eigenvalue weighted by Gasteiger charge is -2.29. The zero-order chi connectivity index (χ0) is 13.8. The molecule has 5 heteroatoms. The Labute approximate surface area is 119 Å². The predicted octanol–water partition coefficient (Wildman–Crippen LogP) is 2.05. The van der Waals surface area contributed by atoms with Crippen molar-refractivity contribution in [2.45, 2.75) is 25.7 Å². The van der Waals surface area contributed by atoms with Gasteiger partial charge in [-0.2, -0.15) is 0 Å². The summed E-state index contributed by atoms with van der Waals surface area (Å²) in [6, 6.07) is 3.80. The standard InChI is InChI=1S/C15H21N3O2/c19-15(12-6-10-20-11-12)17-13-5-4-7-16-14(13)18-8-2-1-3-9-18/h4-5,7,12H,1-3,6,8-11H2,(H,17,19). The third-order valence-electron chi connectivity index (χ3n) is 4.00. The van der Waals surface area contributed by atoms with E-state index in [-0.39, 0.29) is 11.8 Å². The molecule has 1 aromatic rings. The van der Waals surface area contributed by atoms with Crippen molar-refractivity contribution in [2.24, 2.45) is 5.92 Å². The zero-order valence-electron chi connectivity index (χ0n) is 11.7. The fourth-order valence-electron chi connectivity index (χ4n) is 2.83. The van der Waals surface area contributed by atoms with Crippen LogP contribution in [0.15, 0.2) is 18.3 Å². The van der Waals surface area contributed by atoms with Crippen LogP contribution in [-0.4, -0.2) is 37.2 Å². The van der Waals surface area contributed by atoms with Gasteiger partial charge in [0, 0.05) is 25.9 Å². The number of nitrogens with zero attached hydrogens (tertiary/aromatic N) is 2. The second-order valence-electron chi connectivity index (χ2n) is 5.47. The largest absolute Gasteiger partial charge is 0.381 e. The zero-order valence-corrected chi connectivity index (χ0v) is 11.7. The summed E-state index contributed by atoms with van der Waals surface area (Å²) >= 11 is 0. The van der Waals surface area contributed by atoms with Crippen molar-refractivity contribution in [3.63, 3.8) is 0 Å². The summed E-state index contributed by atoms with van der Waals surface area (Å²) < 4.78 is 5.28. The van der Waals surface area contributed by atoms with Crippen LogP contribution >= 0.6 is 0 Å². The van der Waals surface area contributed by atoms with Crippen LogP contribution < -0.4 is 10.2 Å². The number of hydrogen-bond donors (Lipinski definition) is 1. The Morgan fingerprint density at radius 3 is 2.95 bits per heavy atom. The van der Waals surface area contributed by atoms with Crippen LogP contribution in [0.1, 0.15) is 25.7 Å². The van der Waals surface area contributed by atoms with Crippen LogP contribution in [0.2, 0.25) is 0 Å². The number of carbonyl (C=O) groups excluding carboxylic acids is 1. The van der Waals surface area contributed by atoms with Gasteiger partial charge < -0.3 is 15.0 Å². The molecule has 2 aliphatic rings. The van der Waals surface area contributed by atoms with Gasteiger partial charge in [-0.3, -0.25) is 4.79 Å². The van der Waals surface area contributed by atoms with Gasteiger partial charge in [0.2, 0.25) is 5.91 Å². The van der Waals surface area contributed by atoms with Crippen LogP contribution in [0.5, 0.6) is 0 Å². The second-order valence-corrected chi connectivity index (χ2v) is 5.47. The molecular formula is C15H21N3O2. The van der Waals surface area contributed by atoms with E-state index >= 15 is 0 Å². The molecule has 0 aromatic carbocycles. The number of pyridine rings is 1. The molecule has 108 valence electrons. The molecule has 2 saturated heterocycles. The highest BCUT2D eigenvalue weighted by atomic mass is 16.5. The van der Waals surface area contributed by atoms with E-state index in [0.717, 1.165) is 31.0 Å². The van der Waals surface area contributed by atoms with Crippen molar-refractivity contribution >= 4 is 17.4 Å². The topological polar surface area (TPSA) is 54.5 Å². The maximum atomic E-state index is 12.2. The molecule has 1 N–H and O–H groups in total. The van der Waals surface area contributed by atoms with E-state index in [1.54, 1.807) is 6.20 Å². The molecule has 2 aliphatic heterocycles. The number of carbonyl (C=O) groups is 1. The van der Waals surface area contributed by atoms with Crippen molar-refractivity contribution < 1.29 is 9.53 Å². The molecule has 1 atom stereocenters. The van der Waals surface area contributed by atoms with Gasteiger partial charge >= 0.3 is 0 Å². The maximum Gasteiger partial charge on any atom is 0.230 e. The van der Waals surface area contributed by atoms with Gasteiger partial charge in [-0.15, -0.1) is 0 Å². The lowest BCUT2D eigenvalue weighted by Crippen LogP contribution is -2.32. The summed E-state index contributed by atoms with van der Waals surface area (Å²) in [7, 11) is 0. The summed E-state index contributed by atoms with van der Waals surface area (Å²) in [4.78, 5) is 18.9. The first kappa shape index (κ1) is 13.4. The first-order chi connectivity index (χ1) is 9.84. The summed E-state index contributed by atoms with van der Waals surface area (Å²) in [5.74, 6) is 0.928. The average Bonchev–Trinajstić information content (AvgIpc) is 3.03. The number of amides is 1. The first-order valence-corrected chi connectivity index (χ1v) is 7.43. The van der Waals surface area contributed by atoms with Gasteiger partial charge in [0.25, 0.3) is 0 Å². The van der Waals surface area contributed by atoms with Gasteiger partial charge in [-0.1, -0.05) is 0 Å². The highest BCUT2D eigenvalue weighted by Gasteiger charge is 2.25. The van der Waals surface area contributed by atoms with Crippen LogP contribution in [0.25, 0.3) is 0 Å². The van der Waals surface area contributed by atoms with E-state index < -0.39 is 0 Å². The lowest BCUT2D eigenvalue weighted by atomic mass is 10.1. The predicted molar refractivity (Wildman–Crippen MR) is 77.9 cm³/mol. The Morgan fingerprint density at radius 2 is 2.20 bits per heavy atom. The summed E-state index contributed by atoms with van der Waals surface area (Å²) in [6.45, 7) is 3.26. The van der Waals surface area contributed by atoms with Crippen LogP contribution in [0.3, 0.4) is 0 Å². The fraction of sp³-hybridized carbons (Fsp3) is 0.600. The van der Waals surface area contributed by atoms with Crippen molar-refractivity contribution in [1.29, 1.82) is 0 Å². The van der Waals surface area contributed by atoms with Crippen LogP contribution in [-0.2, 0) is 9.53 Å². The van der Waals surface area contributed by atoms with Gasteiger partial charge in [0.15, 0.2) is 5.82 Å². The molecule has 3 rings (SSSR count). The molecule has 2 fully saturated rings. The number of rotatable bonds is 3. The van der Waals surface area contributed by atoms with Crippen LogP contribution in [0.4, 0.5) is 11.5 Å². The molecule has 0 bridgehead atoms. The second kappa shape index (κ2) is 6.22. The Kier molecular flexibility index (Phi) is 4.16. The third-order valence-corrected chi connectivity index (χ3v) is 4.00. The van der Waals surface area contributed by atoms with Crippen molar-refractivity contribution in [3.05, 3.63) is 18.3 Å². The van der Waals surface area contributed by atoms with Crippen molar-refractivity contribution in [1.82, 2.24) is 4.98 Å². The normalized spacial score (nSPS) is 22.8. The van der Waals surface area contributed by atoms with E-state index in [1.807, 2.05) is 12.1 Å². The maximum absolute atomic E-state index is 12.2. The first-order valence-electron chi connectivity index (χ1n) is 7.43. The molecule has 0 spiro atoms. The summed E-state index contributed by atoms with van der Waals surface area (Å²) in [6.07, 6.45) is 6.27. The Morgan fingerprint density at radius 1 is 1.35 bits per heavy atom. The summed E-state index contributed by atoms with van der Waals surface area (Å²) in [5, 5.41) is 3.03. The number of nitrogens with one attached hydrogen (secondary N) is 1. The number of piperidine rings is 1. The summed E-state index contributed by atoms with van der Waals surface area (Å²) in [5.41, 5.74) is 0.825. The van der Waals surface area contributed by atoms with Gasteiger partial charge in [0.1, 0.15) is 0 Å². The Bertz CT molecular complexity index is 466. The molecule has 1 unspecified atom stereocenters. The molecule has 0 aliphatic carbocycles. The minimum atomic E-state index is -0.0237. The SMILES string of the molecule is O=C(Nc1cccnc1N1CCCCC1)C1CCOC1. The number of anilines is 2. The van der Waals surface area contributed by atoms with E-state index in [9.17, 15) is 4.79 Å². The molecule has 0 saturated carbocycles. The van der Waals surface area contributed by atoms with E-state index in [2.05, 4.69) is 15.2 Å². The minimum Gasteiger partial charge on any atom is -0.381 e. The minimum absolute atomic E-state index is 0.0237. The highest BCUT2D eigenvalue weighted by Crippen LogP contribution is 2.26. The monoisotopic (exact) mass is 275 g/mol. The number of hydrogen-bond acceptors (Lipinski definition) is 4. The van der Waals surface area contributed by atoms with Crippen molar-refractivity contribution in [2.75, 3.05) is 36.5 Å². The molecular weight excluding hydrogens is 254 g/mol. The highest BCUT2D eigenvalue weighted by molar-refractivity contribution is 5.95. The van der Waals surface area contributed by atoms with E-state index in [4.69, 9.17) is 4.74 Å². The molecule has 1 amide bonds. The van der Waals surface area contributed by atoms with Gasteiger partial charge in [-0.25, -0.2) is 4.98 Å². The Hall–Kier alpha value is -1.62. The number of ether oxygens (including phenoxy) is 1. The molecule has 20 heavy (non-hydrogen) atoms. The molecule has 1 aromatic heterocycles. The van der Waals surface area contributed by atoms with Gasteiger partial charge in [0.05, 0.1) is 18.2 Å². The fourth-order valence-corrected chi connectivity index (χ4v) is 2.83. The van der Waals surface area contributed by atoms with Gasteiger partial charge in [-0.05, 0) is 37.8 Å². The average molecular weight is 275 g/mol. The molecule has 0 radical (unpaired) electrons. The number of aromatic nitrogens is 1. The van der Waals surface area contributed by atoms with Crippen LogP contribution in [0, 0.1) is 5.92 Å². The van der Waals surface area contributed by atoms with E-state index in [1.165, 1.54) is 19.3 Å². The van der Waals surface area contributed by atoms with E-state index in [0.29, 0.717) is 13.2 Å².